The molecule has 108 valence electrons. The molecule has 3 rings (SSSR count). The molecule has 0 unspecified atom stereocenters. The Hall–Kier alpha value is -2.48. The third-order valence-electron chi connectivity index (χ3n) is 3.20. The number of nitrogens with zero attached hydrogens (tertiary/aromatic N) is 2. The molecule has 1 aromatic carbocycles. The van der Waals surface area contributed by atoms with Crippen molar-refractivity contribution < 1.29 is 14.8 Å². The van der Waals surface area contributed by atoms with Crippen LogP contribution in [0.3, 0.4) is 0 Å². The van der Waals surface area contributed by atoms with Gasteiger partial charge in [-0.15, -0.1) is 11.3 Å². The molecular weight excluding hydrogens is 294 g/mol. The maximum absolute atomic E-state index is 11.2. The highest BCUT2D eigenvalue weighted by Crippen LogP contribution is 2.41. The number of nitro benzene ring substituents is 1. The van der Waals surface area contributed by atoms with Gasteiger partial charge in [0.25, 0.3) is 5.69 Å². The fourth-order valence-corrected chi connectivity index (χ4v) is 2.77. The van der Waals surface area contributed by atoms with Gasteiger partial charge in [-0.3, -0.25) is 10.1 Å². The van der Waals surface area contributed by atoms with Crippen LogP contribution in [-0.2, 0) is 0 Å². The van der Waals surface area contributed by atoms with Crippen LogP contribution in [0.2, 0.25) is 0 Å². The first-order valence-electron chi connectivity index (χ1n) is 6.29. The molecule has 1 saturated carbocycles. The van der Waals surface area contributed by atoms with Crippen molar-refractivity contribution in [1.29, 1.82) is 0 Å². The van der Waals surface area contributed by atoms with E-state index in [1.54, 1.807) is 0 Å². The third kappa shape index (κ3) is 2.84. The predicted octanol–water partition coefficient (Wildman–Crippen LogP) is 3.37. The summed E-state index contributed by atoms with van der Waals surface area (Å²) in [7, 11) is 0. The molecule has 0 aliphatic heterocycles. The largest absolute Gasteiger partial charge is 0.478 e. The Balaban J connectivity index is 1.92. The highest BCUT2D eigenvalue weighted by Gasteiger charge is 2.26. The fraction of sp³-hybridized carbons (Fsp3) is 0.231. The molecule has 0 atom stereocenters. The Morgan fingerprint density at radius 1 is 1.48 bits per heavy atom. The summed E-state index contributed by atoms with van der Waals surface area (Å²) in [6.07, 6.45) is 2.25. The first-order chi connectivity index (χ1) is 10.0. The maximum atomic E-state index is 11.2. The van der Waals surface area contributed by atoms with Gasteiger partial charge in [-0.2, -0.15) is 0 Å². The molecule has 0 bridgehead atoms. The van der Waals surface area contributed by atoms with Crippen molar-refractivity contribution in [2.75, 3.05) is 5.32 Å². The minimum atomic E-state index is -1.15. The summed E-state index contributed by atoms with van der Waals surface area (Å²) >= 11 is 1.36. The van der Waals surface area contributed by atoms with E-state index in [9.17, 15) is 14.9 Å². The van der Waals surface area contributed by atoms with Crippen molar-refractivity contribution in [3.63, 3.8) is 0 Å². The molecule has 8 heteroatoms. The summed E-state index contributed by atoms with van der Waals surface area (Å²) in [4.78, 5) is 25.8. The number of carboxylic acid groups (broad SMARTS) is 1. The van der Waals surface area contributed by atoms with E-state index < -0.39 is 10.9 Å². The highest BCUT2D eigenvalue weighted by molar-refractivity contribution is 7.13. The van der Waals surface area contributed by atoms with E-state index in [-0.39, 0.29) is 16.9 Å². The Labute approximate surface area is 123 Å². The monoisotopic (exact) mass is 305 g/mol. The number of aromatic nitrogens is 1. The van der Waals surface area contributed by atoms with Gasteiger partial charge >= 0.3 is 5.97 Å². The molecule has 1 fully saturated rings. The molecule has 0 radical (unpaired) electrons. The van der Waals surface area contributed by atoms with Gasteiger partial charge in [0.15, 0.2) is 5.13 Å². The average molecular weight is 305 g/mol. The van der Waals surface area contributed by atoms with Gasteiger partial charge in [0.05, 0.1) is 21.9 Å². The topological polar surface area (TPSA) is 105 Å². The molecule has 2 aromatic rings. The maximum Gasteiger partial charge on any atom is 0.337 e. The average Bonchev–Trinajstić information content (AvgIpc) is 3.19. The van der Waals surface area contributed by atoms with Crippen LogP contribution in [0.25, 0.3) is 0 Å². The van der Waals surface area contributed by atoms with Crippen LogP contribution in [0.1, 0.15) is 34.8 Å². The van der Waals surface area contributed by atoms with E-state index in [1.165, 1.54) is 29.5 Å². The van der Waals surface area contributed by atoms with Gasteiger partial charge in [0.1, 0.15) is 0 Å². The summed E-state index contributed by atoms with van der Waals surface area (Å²) in [5, 5.41) is 25.3. The van der Waals surface area contributed by atoms with Gasteiger partial charge < -0.3 is 10.4 Å². The highest BCUT2D eigenvalue weighted by atomic mass is 32.1. The SMILES string of the molecule is O=C(O)c1ccc([N+](=O)[O-])cc1Nc1nc(C2CC2)cs1. The van der Waals surface area contributed by atoms with Crippen LogP contribution in [0.5, 0.6) is 0 Å². The number of rotatable bonds is 5. The van der Waals surface area contributed by atoms with E-state index in [2.05, 4.69) is 10.3 Å². The molecule has 0 spiro atoms. The molecule has 1 aromatic heterocycles. The summed E-state index contributed by atoms with van der Waals surface area (Å²) < 4.78 is 0. The van der Waals surface area contributed by atoms with Crippen molar-refractivity contribution >= 4 is 33.8 Å². The van der Waals surface area contributed by atoms with Crippen molar-refractivity contribution in [2.45, 2.75) is 18.8 Å². The minimum absolute atomic E-state index is 0.0243. The predicted molar refractivity (Wildman–Crippen MR) is 77.4 cm³/mol. The number of carbonyl (C=O) groups is 1. The zero-order valence-corrected chi connectivity index (χ0v) is 11.6. The molecule has 0 saturated heterocycles. The Kier molecular flexibility index (Phi) is 3.30. The first-order valence-corrected chi connectivity index (χ1v) is 7.17. The molecule has 21 heavy (non-hydrogen) atoms. The lowest BCUT2D eigenvalue weighted by atomic mass is 10.1. The summed E-state index contributed by atoms with van der Waals surface area (Å²) in [6, 6.07) is 3.60. The number of benzene rings is 1. The second-order valence-corrected chi connectivity index (χ2v) is 5.63. The van der Waals surface area contributed by atoms with Crippen LogP contribution >= 0.6 is 11.3 Å². The smallest absolute Gasteiger partial charge is 0.337 e. The second kappa shape index (κ2) is 5.13. The van der Waals surface area contributed by atoms with Gasteiger partial charge in [-0.05, 0) is 18.9 Å². The zero-order chi connectivity index (χ0) is 15.0. The van der Waals surface area contributed by atoms with E-state index in [4.69, 9.17) is 5.11 Å². The van der Waals surface area contributed by atoms with Crippen molar-refractivity contribution in [3.05, 3.63) is 45.0 Å². The zero-order valence-electron chi connectivity index (χ0n) is 10.8. The number of non-ortho nitro benzene ring substituents is 1. The lowest BCUT2D eigenvalue weighted by Gasteiger charge is -2.06. The molecule has 1 aliphatic rings. The summed E-state index contributed by atoms with van der Waals surface area (Å²) in [5.41, 5.74) is 0.975. The van der Waals surface area contributed by atoms with E-state index in [1.807, 2.05) is 5.38 Å². The lowest BCUT2D eigenvalue weighted by molar-refractivity contribution is -0.384. The number of hydrogen-bond donors (Lipinski definition) is 2. The molecule has 1 heterocycles. The number of nitrogens with one attached hydrogen (secondary N) is 1. The second-order valence-electron chi connectivity index (χ2n) is 4.77. The normalized spacial score (nSPS) is 13.9. The Bertz CT molecular complexity index is 724. The van der Waals surface area contributed by atoms with Crippen LogP contribution in [0.4, 0.5) is 16.5 Å². The standard InChI is InChI=1S/C13H11N3O4S/c17-12(18)9-4-3-8(16(19)20)5-10(9)14-13-15-11(6-21-13)7-1-2-7/h3-7H,1-2H2,(H,14,15)(H,17,18). The quantitative estimate of drug-likeness (QED) is 0.648. The summed E-state index contributed by atoms with van der Waals surface area (Å²) in [6.45, 7) is 0. The van der Waals surface area contributed by atoms with E-state index >= 15 is 0 Å². The number of thiazole rings is 1. The van der Waals surface area contributed by atoms with Gasteiger partial charge in [0.2, 0.25) is 0 Å². The Morgan fingerprint density at radius 2 is 2.24 bits per heavy atom. The number of nitro groups is 1. The van der Waals surface area contributed by atoms with Crippen LogP contribution in [0, 0.1) is 10.1 Å². The van der Waals surface area contributed by atoms with Crippen LogP contribution < -0.4 is 5.32 Å². The first kappa shape index (κ1) is 13.5. The van der Waals surface area contributed by atoms with Crippen LogP contribution in [0.15, 0.2) is 23.6 Å². The minimum Gasteiger partial charge on any atom is -0.478 e. The molecule has 1 aliphatic carbocycles. The number of anilines is 2. The van der Waals surface area contributed by atoms with Gasteiger partial charge in [-0.25, -0.2) is 9.78 Å². The molecular formula is C13H11N3O4S. The van der Waals surface area contributed by atoms with E-state index in [0.29, 0.717) is 11.0 Å². The third-order valence-corrected chi connectivity index (χ3v) is 3.98. The van der Waals surface area contributed by atoms with Crippen LogP contribution in [-0.4, -0.2) is 21.0 Å². The Morgan fingerprint density at radius 3 is 2.86 bits per heavy atom. The molecule has 7 nitrogen and oxygen atoms in total. The number of aromatic carboxylic acids is 1. The van der Waals surface area contributed by atoms with E-state index in [0.717, 1.165) is 18.5 Å². The van der Waals surface area contributed by atoms with Crippen molar-refractivity contribution in [1.82, 2.24) is 4.98 Å². The van der Waals surface area contributed by atoms with Gasteiger partial charge in [-0.1, -0.05) is 0 Å². The lowest BCUT2D eigenvalue weighted by Crippen LogP contribution is -2.03. The van der Waals surface area contributed by atoms with Gasteiger partial charge in [0, 0.05) is 23.4 Å². The summed E-state index contributed by atoms with van der Waals surface area (Å²) in [5.74, 6) is -0.646. The van der Waals surface area contributed by atoms with Crippen molar-refractivity contribution in [3.8, 4) is 0 Å². The van der Waals surface area contributed by atoms with Crippen molar-refractivity contribution in [2.24, 2.45) is 0 Å². The molecule has 0 amide bonds. The molecule has 2 N–H and O–H groups in total. The number of carboxylic acids is 1. The fourth-order valence-electron chi connectivity index (χ4n) is 1.96. The number of hydrogen-bond acceptors (Lipinski definition) is 6.